The second-order valence-electron chi connectivity index (χ2n) is 8.36. The van der Waals surface area contributed by atoms with Gasteiger partial charge in [-0.05, 0) is 34.6 Å². The first kappa shape index (κ1) is 22.8. The number of rotatable bonds is 11. The number of amides is 2. The molecule has 0 heterocycles. The van der Waals surface area contributed by atoms with Gasteiger partial charge in [0.2, 0.25) is 5.91 Å². The molecule has 0 unspecified atom stereocenters. The Morgan fingerprint density at radius 3 is 2.24 bits per heavy atom. The van der Waals surface area contributed by atoms with E-state index in [0.29, 0.717) is 13.0 Å². The molecule has 0 spiro atoms. The molecule has 0 aliphatic heterocycles. The third-order valence-corrected chi connectivity index (χ3v) is 6.13. The van der Waals surface area contributed by atoms with E-state index in [4.69, 9.17) is 14.6 Å². The van der Waals surface area contributed by atoms with E-state index in [1.165, 1.54) is 11.1 Å². The van der Waals surface area contributed by atoms with Gasteiger partial charge in [0.05, 0.1) is 19.1 Å². The van der Waals surface area contributed by atoms with Gasteiger partial charge in [-0.3, -0.25) is 9.59 Å². The molecule has 2 atom stereocenters. The van der Waals surface area contributed by atoms with Crippen LogP contribution in [0.2, 0.25) is 0 Å². The third-order valence-electron chi connectivity index (χ3n) is 6.13. The molecule has 174 valence electrons. The molecule has 2 aromatic rings. The number of nitrogens with one attached hydrogen (secondary N) is 2. The van der Waals surface area contributed by atoms with Crippen LogP contribution in [-0.2, 0) is 19.1 Å². The number of hydrogen-bond donors (Lipinski definition) is 3. The molecule has 0 bridgehead atoms. The van der Waals surface area contributed by atoms with Crippen molar-refractivity contribution in [1.82, 2.24) is 10.6 Å². The van der Waals surface area contributed by atoms with Gasteiger partial charge in [-0.2, -0.15) is 0 Å². The van der Waals surface area contributed by atoms with E-state index in [0.717, 1.165) is 11.1 Å². The zero-order valence-electron chi connectivity index (χ0n) is 18.3. The van der Waals surface area contributed by atoms with Crippen LogP contribution in [0, 0.1) is 11.8 Å². The molecule has 2 aromatic carbocycles. The van der Waals surface area contributed by atoms with Gasteiger partial charge in [0.1, 0.15) is 6.61 Å². The summed E-state index contributed by atoms with van der Waals surface area (Å²) in [5, 5.41) is 14.2. The number of alkyl carbamates (subject to hydrolysis) is 1. The minimum absolute atomic E-state index is 0.0133. The van der Waals surface area contributed by atoms with Crippen molar-refractivity contribution in [3.63, 3.8) is 0 Å². The van der Waals surface area contributed by atoms with Crippen LogP contribution in [0.25, 0.3) is 11.1 Å². The second kappa shape index (κ2) is 10.5. The van der Waals surface area contributed by atoms with Crippen LogP contribution in [0.5, 0.6) is 0 Å². The van der Waals surface area contributed by atoms with E-state index in [1.54, 1.807) is 0 Å². The predicted molar refractivity (Wildman–Crippen MR) is 121 cm³/mol. The SMILES string of the molecule is O=C(CCOCCNC(=O)OCC1c2ccccc2-c2ccccc21)NC[C@H]1C[C@H]1C(=O)O. The van der Waals surface area contributed by atoms with Crippen LogP contribution in [-0.4, -0.2) is 56.0 Å². The second-order valence-corrected chi connectivity index (χ2v) is 8.36. The monoisotopic (exact) mass is 452 g/mol. The summed E-state index contributed by atoms with van der Waals surface area (Å²) in [6, 6.07) is 16.3. The molecule has 8 heteroatoms. The maximum atomic E-state index is 12.1. The Hall–Kier alpha value is -3.39. The van der Waals surface area contributed by atoms with Crippen molar-refractivity contribution in [3.05, 3.63) is 59.7 Å². The maximum absolute atomic E-state index is 12.1. The number of hydrogen-bond acceptors (Lipinski definition) is 5. The lowest BCUT2D eigenvalue weighted by atomic mass is 9.98. The molecule has 1 fully saturated rings. The summed E-state index contributed by atoms with van der Waals surface area (Å²) in [6.45, 7) is 1.41. The molecule has 2 aliphatic carbocycles. The molecule has 0 radical (unpaired) electrons. The number of carbonyl (C=O) groups is 3. The normalized spacial score (nSPS) is 18.2. The first-order valence-electron chi connectivity index (χ1n) is 11.2. The van der Waals surface area contributed by atoms with Crippen molar-refractivity contribution < 1.29 is 29.0 Å². The average Bonchev–Trinajstić information content (AvgIpc) is 3.54. The molecule has 0 saturated heterocycles. The zero-order chi connectivity index (χ0) is 23.2. The smallest absolute Gasteiger partial charge is 0.407 e. The minimum atomic E-state index is -0.804. The van der Waals surface area contributed by atoms with Crippen molar-refractivity contribution in [3.8, 4) is 11.1 Å². The van der Waals surface area contributed by atoms with Crippen molar-refractivity contribution in [1.29, 1.82) is 0 Å². The standard InChI is InChI=1S/C25H28N2O6/c28-23(27-14-16-13-21(16)24(29)30)9-11-32-12-10-26-25(31)33-15-22-19-7-3-1-5-17(19)18-6-2-4-8-20(18)22/h1-8,16,21-22H,9-15H2,(H,26,31)(H,27,28)(H,29,30)/t16-,21-/m1/s1. The summed E-state index contributed by atoms with van der Waals surface area (Å²) in [7, 11) is 0. The summed E-state index contributed by atoms with van der Waals surface area (Å²) in [4.78, 5) is 34.6. The van der Waals surface area contributed by atoms with Gasteiger partial charge in [0, 0.05) is 25.4 Å². The molecule has 3 N–H and O–H groups in total. The lowest BCUT2D eigenvalue weighted by molar-refractivity contribution is -0.139. The quantitative estimate of drug-likeness (QED) is 0.452. The average molecular weight is 453 g/mol. The van der Waals surface area contributed by atoms with E-state index >= 15 is 0 Å². The van der Waals surface area contributed by atoms with E-state index in [2.05, 4.69) is 34.9 Å². The fourth-order valence-electron chi connectivity index (χ4n) is 4.25. The van der Waals surface area contributed by atoms with Crippen LogP contribution in [0.15, 0.2) is 48.5 Å². The van der Waals surface area contributed by atoms with E-state index in [9.17, 15) is 14.4 Å². The van der Waals surface area contributed by atoms with Gasteiger partial charge in [0.25, 0.3) is 0 Å². The summed E-state index contributed by atoms with van der Waals surface area (Å²) < 4.78 is 10.8. The highest BCUT2D eigenvalue weighted by atomic mass is 16.5. The highest BCUT2D eigenvalue weighted by molar-refractivity contribution is 5.79. The molecule has 8 nitrogen and oxygen atoms in total. The number of carbonyl (C=O) groups excluding carboxylic acids is 2. The van der Waals surface area contributed by atoms with Gasteiger partial charge >= 0.3 is 12.1 Å². The van der Waals surface area contributed by atoms with Gasteiger partial charge < -0.3 is 25.2 Å². The molecule has 2 aliphatic rings. The molecule has 0 aromatic heterocycles. The molecular weight excluding hydrogens is 424 g/mol. The largest absolute Gasteiger partial charge is 0.481 e. The Morgan fingerprint density at radius 1 is 0.939 bits per heavy atom. The number of aliphatic carboxylic acids is 1. The molecule has 4 rings (SSSR count). The lowest BCUT2D eigenvalue weighted by Crippen LogP contribution is -2.30. The molecule has 1 saturated carbocycles. The minimum Gasteiger partial charge on any atom is -0.481 e. The summed E-state index contributed by atoms with van der Waals surface area (Å²) in [5.74, 6) is -1.25. The van der Waals surface area contributed by atoms with Crippen LogP contribution < -0.4 is 10.6 Å². The Balaban J connectivity index is 1.09. The summed E-state index contributed by atoms with van der Waals surface area (Å²) >= 11 is 0. The Bertz CT molecular complexity index is 978. The number of carboxylic acid groups (broad SMARTS) is 1. The van der Waals surface area contributed by atoms with Crippen molar-refractivity contribution in [2.75, 3.05) is 32.9 Å². The Morgan fingerprint density at radius 2 is 1.61 bits per heavy atom. The van der Waals surface area contributed by atoms with Crippen LogP contribution >= 0.6 is 0 Å². The highest BCUT2D eigenvalue weighted by Crippen LogP contribution is 2.44. The number of ether oxygens (including phenoxy) is 2. The Labute approximate surface area is 192 Å². The topological polar surface area (TPSA) is 114 Å². The number of fused-ring (bicyclic) bond motifs is 3. The maximum Gasteiger partial charge on any atom is 0.407 e. The molecule has 33 heavy (non-hydrogen) atoms. The molecular formula is C25H28N2O6. The van der Waals surface area contributed by atoms with E-state index < -0.39 is 12.1 Å². The van der Waals surface area contributed by atoms with Gasteiger partial charge in [-0.15, -0.1) is 0 Å². The van der Waals surface area contributed by atoms with E-state index in [-0.39, 0.29) is 56.4 Å². The fourth-order valence-corrected chi connectivity index (χ4v) is 4.25. The van der Waals surface area contributed by atoms with Gasteiger partial charge in [0.15, 0.2) is 0 Å². The first-order chi connectivity index (χ1) is 16.0. The van der Waals surface area contributed by atoms with E-state index in [1.807, 2.05) is 24.3 Å². The van der Waals surface area contributed by atoms with Crippen molar-refractivity contribution in [2.45, 2.75) is 18.8 Å². The lowest BCUT2D eigenvalue weighted by Gasteiger charge is -2.14. The zero-order valence-corrected chi connectivity index (χ0v) is 18.3. The molecule has 2 amide bonds. The summed E-state index contributed by atoms with van der Waals surface area (Å²) in [5.41, 5.74) is 4.68. The Kier molecular flexibility index (Phi) is 7.24. The van der Waals surface area contributed by atoms with Crippen LogP contribution in [0.4, 0.5) is 4.79 Å². The van der Waals surface area contributed by atoms with Gasteiger partial charge in [-0.25, -0.2) is 4.79 Å². The fraction of sp³-hybridized carbons (Fsp3) is 0.400. The number of carboxylic acids is 1. The number of benzene rings is 2. The third kappa shape index (κ3) is 5.70. The van der Waals surface area contributed by atoms with Gasteiger partial charge in [-0.1, -0.05) is 48.5 Å². The van der Waals surface area contributed by atoms with Crippen LogP contribution in [0.1, 0.15) is 29.9 Å². The van der Waals surface area contributed by atoms with Crippen molar-refractivity contribution in [2.24, 2.45) is 11.8 Å². The van der Waals surface area contributed by atoms with Crippen molar-refractivity contribution >= 4 is 18.0 Å². The highest BCUT2D eigenvalue weighted by Gasteiger charge is 2.42. The summed E-state index contributed by atoms with van der Waals surface area (Å²) in [6.07, 6.45) is 0.305. The van der Waals surface area contributed by atoms with Crippen LogP contribution in [0.3, 0.4) is 0 Å². The first-order valence-corrected chi connectivity index (χ1v) is 11.2. The predicted octanol–water partition coefficient (Wildman–Crippen LogP) is 2.77.